The quantitative estimate of drug-likeness (QED) is 0.331. The van der Waals surface area contributed by atoms with Gasteiger partial charge in [-0.3, -0.25) is 11.3 Å². The van der Waals surface area contributed by atoms with E-state index in [9.17, 15) is 0 Å². The van der Waals surface area contributed by atoms with Crippen LogP contribution in [0.3, 0.4) is 0 Å². The van der Waals surface area contributed by atoms with Gasteiger partial charge in [-0.15, -0.1) is 0 Å². The van der Waals surface area contributed by atoms with Crippen molar-refractivity contribution in [2.75, 3.05) is 0 Å². The van der Waals surface area contributed by atoms with Crippen LogP contribution in [0.5, 0.6) is 0 Å². The molecule has 0 spiro atoms. The zero-order chi connectivity index (χ0) is 11.5. The number of nitrogens with one attached hydrogen (secondary N) is 1. The molecule has 92 valence electrons. The summed E-state index contributed by atoms with van der Waals surface area (Å²) in [6, 6.07) is 0.534. The zero-order valence-corrected chi connectivity index (χ0v) is 10.9. The van der Waals surface area contributed by atoms with Gasteiger partial charge in [-0.05, 0) is 18.8 Å². The van der Waals surface area contributed by atoms with E-state index >= 15 is 0 Å². The molecule has 2 heteroatoms. The predicted octanol–water partition coefficient (Wildman–Crippen LogP) is 3.62. The molecular weight excluding hydrogens is 184 g/mol. The van der Waals surface area contributed by atoms with Crippen molar-refractivity contribution in [3.05, 3.63) is 0 Å². The second-order valence-corrected chi connectivity index (χ2v) is 4.63. The van der Waals surface area contributed by atoms with Crippen LogP contribution >= 0.6 is 0 Å². The van der Waals surface area contributed by atoms with E-state index in [-0.39, 0.29) is 0 Å². The summed E-state index contributed by atoms with van der Waals surface area (Å²) in [5.41, 5.74) is 2.98. The van der Waals surface area contributed by atoms with Crippen LogP contribution < -0.4 is 11.3 Å². The smallest absolute Gasteiger partial charge is 0.0213 e. The number of hydrogen-bond acceptors (Lipinski definition) is 2. The molecule has 0 radical (unpaired) electrons. The zero-order valence-electron chi connectivity index (χ0n) is 10.9. The predicted molar refractivity (Wildman–Crippen MR) is 68.6 cm³/mol. The molecular formula is C13H30N2. The fourth-order valence-electron chi connectivity index (χ4n) is 2.11. The van der Waals surface area contributed by atoms with Gasteiger partial charge in [0, 0.05) is 6.04 Å². The van der Waals surface area contributed by atoms with E-state index in [2.05, 4.69) is 26.2 Å². The van der Waals surface area contributed by atoms with E-state index in [1.54, 1.807) is 0 Å². The molecule has 0 aromatic rings. The second-order valence-electron chi connectivity index (χ2n) is 4.63. The molecule has 0 saturated heterocycles. The van der Waals surface area contributed by atoms with E-state index in [0.29, 0.717) is 6.04 Å². The largest absolute Gasteiger partial charge is 0.271 e. The molecule has 1 atom stereocenters. The maximum Gasteiger partial charge on any atom is 0.0213 e. The average molecular weight is 214 g/mol. The third kappa shape index (κ3) is 7.80. The van der Waals surface area contributed by atoms with E-state index in [1.165, 1.54) is 51.4 Å². The molecule has 0 fully saturated rings. The minimum Gasteiger partial charge on any atom is -0.271 e. The average Bonchev–Trinajstić information content (AvgIpc) is 2.28. The summed E-state index contributed by atoms with van der Waals surface area (Å²) < 4.78 is 0. The maximum absolute atomic E-state index is 5.60. The van der Waals surface area contributed by atoms with Gasteiger partial charge in [0.1, 0.15) is 0 Å². The minimum atomic E-state index is 0.534. The molecule has 0 bridgehead atoms. The Hall–Kier alpha value is -0.0800. The van der Waals surface area contributed by atoms with E-state index in [0.717, 1.165) is 5.92 Å². The molecule has 0 heterocycles. The van der Waals surface area contributed by atoms with Crippen molar-refractivity contribution in [1.29, 1.82) is 0 Å². The first-order valence-electron chi connectivity index (χ1n) is 6.74. The standard InChI is InChI=1S/C13H30N2/c1-4-7-8-9-10-13(15-14)11-12(5-2)6-3/h12-13,15H,4-11,14H2,1-3H3. The SMILES string of the molecule is CCCCCCC(CC(CC)CC)NN. The lowest BCUT2D eigenvalue weighted by molar-refractivity contribution is 0.347. The highest BCUT2D eigenvalue weighted by atomic mass is 15.2. The summed E-state index contributed by atoms with van der Waals surface area (Å²) in [5.74, 6) is 6.44. The van der Waals surface area contributed by atoms with E-state index in [4.69, 9.17) is 5.84 Å². The van der Waals surface area contributed by atoms with Gasteiger partial charge in [-0.2, -0.15) is 0 Å². The maximum atomic E-state index is 5.60. The topological polar surface area (TPSA) is 38.0 Å². The van der Waals surface area contributed by atoms with Gasteiger partial charge in [0.05, 0.1) is 0 Å². The molecule has 1 unspecified atom stereocenters. The van der Waals surface area contributed by atoms with Gasteiger partial charge < -0.3 is 0 Å². The number of unbranched alkanes of at least 4 members (excludes halogenated alkanes) is 3. The lowest BCUT2D eigenvalue weighted by Crippen LogP contribution is -2.36. The molecule has 0 rings (SSSR count). The van der Waals surface area contributed by atoms with Crippen molar-refractivity contribution in [1.82, 2.24) is 5.43 Å². The molecule has 0 aliphatic rings. The van der Waals surface area contributed by atoms with Crippen molar-refractivity contribution in [3.8, 4) is 0 Å². The summed E-state index contributed by atoms with van der Waals surface area (Å²) in [6.45, 7) is 6.81. The van der Waals surface area contributed by atoms with Crippen LogP contribution in [0, 0.1) is 5.92 Å². The van der Waals surface area contributed by atoms with Crippen LogP contribution in [0.4, 0.5) is 0 Å². The Morgan fingerprint density at radius 1 is 1.00 bits per heavy atom. The third-order valence-electron chi connectivity index (χ3n) is 3.41. The van der Waals surface area contributed by atoms with Crippen molar-refractivity contribution in [2.45, 2.75) is 78.2 Å². The van der Waals surface area contributed by atoms with Crippen molar-refractivity contribution in [3.63, 3.8) is 0 Å². The summed E-state index contributed by atoms with van der Waals surface area (Å²) in [5, 5.41) is 0. The number of nitrogens with two attached hydrogens (primary N) is 1. The number of hydrogen-bond donors (Lipinski definition) is 2. The third-order valence-corrected chi connectivity index (χ3v) is 3.41. The van der Waals surface area contributed by atoms with Crippen molar-refractivity contribution < 1.29 is 0 Å². The highest BCUT2D eigenvalue weighted by Crippen LogP contribution is 2.18. The van der Waals surface area contributed by atoms with Crippen LogP contribution in [0.1, 0.15) is 72.1 Å². The fourth-order valence-corrected chi connectivity index (χ4v) is 2.11. The first kappa shape index (κ1) is 14.9. The van der Waals surface area contributed by atoms with Gasteiger partial charge in [0.15, 0.2) is 0 Å². The number of hydrazine groups is 1. The first-order chi connectivity index (χ1) is 7.28. The summed E-state index contributed by atoms with van der Waals surface area (Å²) in [6.07, 6.45) is 10.4. The van der Waals surface area contributed by atoms with Crippen LogP contribution in [0.2, 0.25) is 0 Å². The summed E-state index contributed by atoms with van der Waals surface area (Å²) in [7, 11) is 0. The molecule has 0 aromatic heterocycles. The van der Waals surface area contributed by atoms with Crippen LogP contribution in [-0.2, 0) is 0 Å². The molecule has 0 saturated carbocycles. The first-order valence-corrected chi connectivity index (χ1v) is 6.74. The van der Waals surface area contributed by atoms with Crippen LogP contribution in [-0.4, -0.2) is 6.04 Å². The van der Waals surface area contributed by atoms with Gasteiger partial charge >= 0.3 is 0 Å². The molecule has 15 heavy (non-hydrogen) atoms. The van der Waals surface area contributed by atoms with E-state index < -0.39 is 0 Å². The van der Waals surface area contributed by atoms with Crippen LogP contribution in [0.15, 0.2) is 0 Å². The lowest BCUT2D eigenvalue weighted by Gasteiger charge is -2.21. The molecule has 0 amide bonds. The summed E-state index contributed by atoms with van der Waals surface area (Å²) >= 11 is 0. The highest BCUT2D eigenvalue weighted by Gasteiger charge is 2.12. The van der Waals surface area contributed by atoms with Crippen LogP contribution in [0.25, 0.3) is 0 Å². The molecule has 2 nitrogen and oxygen atoms in total. The molecule has 0 aliphatic heterocycles. The Morgan fingerprint density at radius 2 is 1.67 bits per heavy atom. The Bertz CT molecular complexity index is 122. The second kappa shape index (κ2) is 10.4. The van der Waals surface area contributed by atoms with Gasteiger partial charge in [0.2, 0.25) is 0 Å². The van der Waals surface area contributed by atoms with Gasteiger partial charge in [-0.1, -0.05) is 59.3 Å². The number of rotatable bonds is 10. The van der Waals surface area contributed by atoms with Gasteiger partial charge in [0.25, 0.3) is 0 Å². The monoisotopic (exact) mass is 214 g/mol. The fraction of sp³-hybridized carbons (Fsp3) is 1.00. The van der Waals surface area contributed by atoms with Crippen molar-refractivity contribution >= 4 is 0 Å². The molecule has 0 aromatic carbocycles. The minimum absolute atomic E-state index is 0.534. The van der Waals surface area contributed by atoms with E-state index in [1.807, 2.05) is 0 Å². The molecule has 3 N–H and O–H groups in total. The highest BCUT2D eigenvalue weighted by molar-refractivity contribution is 4.68. The Balaban J connectivity index is 3.61. The Kier molecular flexibility index (Phi) is 10.4. The normalized spacial score (nSPS) is 13.4. The lowest BCUT2D eigenvalue weighted by atomic mass is 9.92. The summed E-state index contributed by atoms with van der Waals surface area (Å²) in [4.78, 5) is 0. The van der Waals surface area contributed by atoms with Crippen molar-refractivity contribution in [2.24, 2.45) is 11.8 Å². The van der Waals surface area contributed by atoms with Gasteiger partial charge in [-0.25, -0.2) is 0 Å². The Morgan fingerprint density at radius 3 is 2.13 bits per heavy atom. The Labute approximate surface area is 96.0 Å². The molecule has 0 aliphatic carbocycles.